The zero-order valence-electron chi connectivity index (χ0n) is 16.1. The fourth-order valence-electron chi connectivity index (χ4n) is 2.95. The number of hydrogen-bond acceptors (Lipinski definition) is 4. The van der Waals surface area contributed by atoms with Crippen LogP contribution in [0.4, 0.5) is 0 Å². The fourth-order valence-corrected chi connectivity index (χ4v) is 2.95. The summed E-state index contributed by atoms with van der Waals surface area (Å²) in [7, 11) is 0. The summed E-state index contributed by atoms with van der Waals surface area (Å²) in [6.07, 6.45) is 0.788. The van der Waals surface area contributed by atoms with E-state index in [2.05, 4.69) is 10.1 Å². The third kappa shape index (κ3) is 5.03. The molecule has 3 rings (SSSR count). The molecule has 5 nitrogen and oxygen atoms in total. The predicted molar refractivity (Wildman–Crippen MR) is 105 cm³/mol. The molecule has 0 saturated heterocycles. The molecule has 140 valence electrons. The van der Waals surface area contributed by atoms with Gasteiger partial charge in [0.25, 0.3) is 0 Å². The summed E-state index contributed by atoms with van der Waals surface area (Å²) in [6.45, 7) is 6.69. The van der Waals surface area contributed by atoms with Crippen LogP contribution < -0.4 is 0 Å². The molecule has 1 heterocycles. The largest absolute Gasteiger partial charge is 0.339 e. The highest BCUT2D eigenvalue weighted by Crippen LogP contribution is 2.18. The minimum absolute atomic E-state index is 0.0872. The first kappa shape index (κ1) is 18.8. The number of hydrogen-bond donors (Lipinski definition) is 0. The third-order valence-corrected chi connectivity index (χ3v) is 4.44. The molecule has 0 saturated carbocycles. The Morgan fingerprint density at radius 1 is 1.11 bits per heavy atom. The number of carbonyl (C=O) groups is 1. The second-order valence-electron chi connectivity index (χ2n) is 6.98. The molecule has 27 heavy (non-hydrogen) atoms. The summed E-state index contributed by atoms with van der Waals surface area (Å²) in [6, 6.07) is 18.1. The number of nitrogens with zero attached hydrogens (tertiary/aromatic N) is 3. The summed E-state index contributed by atoms with van der Waals surface area (Å²) in [4.78, 5) is 19.0. The Labute approximate surface area is 160 Å². The van der Waals surface area contributed by atoms with E-state index in [0.29, 0.717) is 31.1 Å². The van der Waals surface area contributed by atoms with Gasteiger partial charge in [0.2, 0.25) is 17.6 Å². The quantitative estimate of drug-likeness (QED) is 0.624. The van der Waals surface area contributed by atoms with Crippen LogP contribution in [0.3, 0.4) is 0 Å². The highest BCUT2D eigenvalue weighted by atomic mass is 16.5. The van der Waals surface area contributed by atoms with Gasteiger partial charge in [-0.05, 0) is 32.4 Å². The summed E-state index contributed by atoms with van der Waals surface area (Å²) in [5, 5.41) is 4.04. The van der Waals surface area contributed by atoms with Crippen molar-refractivity contribution in [2.24, 2.45) is 0 Å². The molecule has 0 atom stereocenters. The Kier molecular flexibility index (Phi) is 6.01. The number of aromatic nitrogens is 2. The van der Waals surface area contributed by atoms with Gasteiger partial charge in [-0.1, -0.05) is 59.3 Å². The van der Waals surface area contributed by atoms with E-state index in [1.165, 1.54) is 0 Å². The van der Waals surface area contributed by atoms with Gasteiger partial charge in [0.15, 0.2) is 0 Å². The molecular weight excluding hydrogens is 338 g/mol. The number of aryl methyl sites for hydroxylation is 2. The Balaban J connectivity index is 1.62. The van der Waals surface area contributed by atoms with E-state index >= 15 is 0 Å². The van der Waals surface area contributed by atoms with Crippen molar-refractivity contribution in [2.75, 3.05) is 0 Å². The van der Waals surface area contributed by atoms with Crippen LogP contribution in [0.25, 0.3) is 11.4 Å². The van der Waals surface area contributed by atoms with Crippen LogP contribution in [-0.2, 0) is 17.8 Å². The summed E-state index contributed by atoms with van der Waals surface area (Å²) in [5.41, 5.74) is 3.19. The van der Waals surface area contributed by atoms with Crippen molar-refractivity contribution in [1.82, 2.24) is 15.0 Å². The first-order chi connectivity index (χ1) is 13.0. The Morgan fingerprint density at radius 3 is 2.59 bits per heavy atom. The molecule has 3 aromatic rings. The van der Waals surface area contributed by atoms with E-state index < -0.39 is 0 Å². The molecule has 0 radical (unpaired) electrons. The maximum absolute atomic E-state index is 12.7. The molecule has 1 amide bonds. The van der Waals surface area contributed by atoms with E-state index in [1.54, 1.807) is 0 Å². The van der Waals surface area contributed by atoms with Crippen molar-refractivity contribution < 1.29 is 9.32 Å². The molecule has 5 heteroatoms. The highest BCUT2D eigenvalue weighted by Gasteiger charge is 2.18. The second-order valence-corrected chi connectivity index (χ2v) is 6.98. The molecule has 1 aromatic heterocycles. The van der Waals surface area contributed by atoms with E-state index in [0.717, 1.165) is 16.7 Å². The summed E-state index contributed by atoms with van der Waals surface area (Å²) >= 11 is 0. The Hall–Kier alpha value is -2.95. The molecule has 2 aromatic carbocycles. The van der Waals surface area contributed by atoms with Crippen molar-refractivity contribution in [1.29, 1.82) is 0 Å². The molecule has 0 aliphatic carbocycles. The van der Waals surface area contributed by atoms with Crippen LogP contribution in [0.15, 0.2) is 59.1 Å². The van der Waals surface area contributed by atoms with E-state index in [4.69, 9.17) is 4.52 Å². The predicted octanol–water partition coefficient (Wildman–Crippen LogP) is 4.41. The molecule has 0 unspecified atom stereocenters. The average molecular weight is 363 g/mol. The van der Waals surface area contributed by atoms with E-state index in [9.17, 15) is 4.79 Å². The molecule has 0 spiro atoms. The van der Waals surface area contributed by atoms with Gasteiger partial charge >= 0.3 is 0 Å². The maximum atomic E-state index is 12.7. The van der Waals surface area contributed by atoms with Crippen LogP contribution in [0.5, 0.6) is 0 Å². The lowest BCUT2D eigenvalue weighted by atomic mass is 10.1. The summed E-state index contributed by atoms with van der Waals surface area (Å²) in [5.74, 6) is 1.14. The van der Waals surface area contributed by atoms with Gasteiger partial charge in [0.05, 0.1) is 0 Å². The van der Waals surface area contributed by atoms with Crippen LogP contribution in [0, 0.1) is 6.92 Å². The maximum Gasteiger partial charge on any atom is 0.227 e. The zero-order chi connectivity index (χ0) is 19.2. The number of carbonyl (C=O) groups excluding carboxylic acids is 1. The van der Waals surface area contributed by atoms with Crippen molar-refractivity contribution >= 4 is 5.91 Å². The first-order valence-electron chi connectivity index (χ1n) is 9.26. The fraction of sp³-hybridized carbons (Fsp3) is 0.318. The van der Waals surface area contributed by atoms with Crippen molar-refractivity contribution in [3.63, 3.8) is 0 Å². The van der Waals surface area contributed by atoms with Gasteiger partial charge in [0.1, 0.15) is 0 Å². The average Bonchev–Trinajstić information content (AvgIpc) is 3.14. The zero-order valence-corrected chi connectivity index (χ0v) is 16.1. The number of amides is 1. The van der Waals surface area contributed by atoms with Gasteiger partial charge in [0, 0.05) is 31.0 Å². The van der Waals surface area contributed by atoms with Crippen LogP contribution in [-0.4, -0.2) is 27.0 Å². The molecule has 0 bridgehead atoms. The second kappa shape index (κ2) is 8.62. The van der Waals surface area contributed by atoms with Crippen LogP contribution in [0.1, 0.15) is 37.3 Å². The van der Waals surface area contributed by atoms with E-state index in [1.807, 2.05) is 80.3 Å². The minimum Gasteiger partial charge on any atom is -0.339 e. The van der Waals surface area contributed by atoms with Gasteiger partial charge < -0.3 is 9.42 Å². The lowest BCUT2D eigenvalue weighted by Crippen LogP contribution is -2.36. The first-order valence-corrected chi connectivity index (χ1v) is 9.26. The number of benzene rings is 2. The normalized spacial score (nSPS) is 11.0. The summed E-state index contributed by atoms with van der Waals surface area (Å²) < 4.78 is 5.34. The third-order valence-electron chi connectivity index (χ3n) is 4.44. The van der Waals surface area contributed by atoms with Crippen LogP contribution >= 0.6 is 0 Å². The minimum atomic E-state index is 0.0872. The van der Waals surface area contributed by atoms with Crippen molar-refractivity contribution in [3.05, 3.63) is 71.6 Å². The molecule has 0 aliphatic heterocycles. The number of rotatable bonds is 7. The molecular formula is C22H25N3O2. The molecule has 0 N–H and O–H groups in total. The van der Waals surface area contributed by atoms with Gasteiger partial charge in [-0.2, -0.15) is 4.98 Å². The molecule has 0 fully saturated rings. The van der Waals surface area contributed by atoms with Crippen LogP contribution in [0.2, 0.25) is 0 Å². The highest BCUT2D eigenvalue weighted by molar-refractivity contribution is 5.76. The van der Waals surface area contributed by atoms with Gasteiger partial charge in [-0.25, -0.2) is 0 Å². The van der Waals surface area contributed by atoms with Gasteiger partial charge in [-0.15, -0.1) is 0 Å². The van der Waals surface area contributed by atoms with Gasteiger partial charge in [-0.3, -0.25) is 4.79 Å². The topological polar surface area (TPSA) is 59.2 Å². The standard InChI is InChI=1S/C22H25N3O2/c1-16(2)25(15-18-9-5-4-6-10-18)21(26)13-12-20-23-22(24-27-20)19-11-7-8-17(3)14-19/h4-11,14,16H,12-13,15H2,1-3H3. The lowest BCUT2D eigenvalue weighted by molar-refractivity contribution is -0.133. The molecule has 0 aliphatic rings. The van der Waals surface area contributed by atoms with Crippen molar-refractivity contribution in [2.45, 2.75) is 46.2 Å². The monoisotopic (exact) mass is 363 g/mol. The van der Waals surface area contributed by atoms with Crippen molar-refractivity contribution in [3.8, 4) is 11.4 Å². The Morgan fingerprint density at radius 2 is 1.89 bits per heavy atom. The van der Waals surface area contributed by atoms with E-state index in [-0.39, 0.29) is 11.9 Å². The smallest absolute Gasteiger partial charge is 0.227 e. The Bertz CT molecular complexity index is 887. The SMILES string of the molecule is Cc1cccc(-c2noc(CCC(=O)N(Cc3ccccc3)C(C)C)n2)c1. The lowest BCUT2D eigenvalue weighted by Gasteiger charge is -2.26.